The lowest BCUT2D eigenvalue weighted by molar-refractivity contribution is 0.114. The highest BCUT2D eigenvalue weighted by atomic mass is 79.9. The van der Waals surface area contributed by atoms with Crippen molar-refractivity contribution in [2.75, 3.05) is 20.3 Å². The van der Waals surface area contributed by atoms with Crippen LogP contribution in [0.3, 0.4) is 0 Å². The van der Waals surface area contributed by atoms with Gasteiger partial charge in [0, 0.05) is 12.6 Å². The fourth-order valence-corrected chi connectivity index (χ4v) is 1.99. The van der Waals surface area contributed by atoms with E-state index < -0.39 is 0 Å². The lowest BCUT2D eigenvalue weighted by Gasteiger charge is -2.16. The number of rotatable bonds is 7. The van der Waals surface area contributed by atoms with E-state index >= 15 is 0 Å². The molecule has 0 radical (unpaired) electrons. The minimum absolute atomic E-state index is 0.225. The molecule has 4 heteroatoms. The Morgan fingerprint density at radius 2 is 2.24 bits per heavy atom. The quantitative estimate of drug-likeness (QED) is 0.781. The van der Waals surface area contributed by atoms with Crippen molar-refractivity contribution in [3.63, 3.8) is 0 Å². The van der Waals surface area contributed by atoms with E-state index in [2.05, 4.69) is 28.2 Å². The molecule has 2 nitrogen and oxygen atoms in total. The second-order valence-electron chi connectivity index (χ2n) is 4.01. The number of benzene rings is 1. The van der Waals surface area contributed by atoms with Crippen LogP contribution in [0.5, 0.6) is 0 Å². The van der Waals surface area contributed by atoms with E-state index in [9.17, 15) is 4.39 Å². The van der Waals surface area contributed by atoms with Gasteiger partial charge in [-0.3, -0.25) is 0 Å². The summed E-state index contributed by atoms with van der Waals surface area (Å²) in [5, 5.41) is 3.21. The molecule has 1 aromatic rings. The minimum Gasteiger partial charge on any atom is -0.380 e. The first-order valence-corrected chi connectivity index (χ1v) is 6.65. The molecule has 17 heavy (non-hydrogen) atoms. The standard InChI is InChI=1S/C13H19BrFNO/c1-3-6-17-9-11(16-2)7-10-4-5-13(15)12(14)8-10/h4-5,8,11,16H,3,6-7,9H2,1-2H3. The van der Waals surface area contributed by atoms with Gasteiger partial charge in [0.05, 0.1) is 11.1 Å². The first-order chi connectivity index (χ1) is 8.17. The summed E-state index contributed by atoms with van der Waals surface area (Å²) in [5.74, 6) is -0.225. The maximum Gasteiger partial charge on any atom is 0.137 e. The maximum atomic E-state index is 13.1. The van der Waals surface area contributed by atoms with Gasteiger partial charge >= 0.3 is 0 Å². The van der Waals surface area contributed by atoms with Gasteiger partial charge in [0.1, 0.15) is 5.82 Å². The van der Waals surface area contributed by atoms with Gasteiger partial charge in [-0.05, 0) is 53.5 Å². The summed E-state index contributed by atoms with van der Waals surface area (Å²) in [6.45, 7) is 3.55. The molecule has 0 heterocycles. The van der Waals surface area contributed by atoms with Gasteiger partial charge < -0.3 is 10.1 Å². The number of halogens is 2. The molecule has 0 saturated heterocycles. The van der Waals surface area contributed by atoms with Gasteiger partial charge in [0.2, 0.25) is 0 Å². The van der Waals surface area contributed by atoms with Gasteiger partial charge in [-0.15, -0.1) is 0 Å². The number of nitrogens with one attached hydrogen (secondary N) is 1. The third kappa shape index (κ3) is 5.15. The van der Waals surface area contributed by atoms with Crippen LogP contribution in [0.4, 0.5) is 4.39 Å². The van der Waals surface area contributed by atoms with Crippen LogP contribution in [0.25, 0.3) is 0 Å². The normalized spacial score (nSPS) is 12.7. The molecule has 96 valence electrons. The van der Waals surface area contributed by atoms with Gasteiger partial charge in [0.15, 0.2) is 0 Å². The zero-order valence-electron chi connectivity index (χ0n) is 10.3. The molecule has 1 unspecified atom stereocenters. The Bertz CT molecular complexity index is 346. The van der Waals surface area contributed by atoms with E-state index in [1.54, 1.807) is 0 Å². The van der Waals surface area contributed by atoms with Crippen molar-refractivity contribution in [2.24, 2.45) is 0 Å². The Kier molecular flexibility index (Phi) is 6.70. The Morgan fingerprint density at radius 3 is 2.82 bits per heavy atom. The van der Waals surface area contributed by atoms with Crippen molar-refractivity contribution in [1.82, 2.24) is 5.32 Å². The van der Waals surface area contributed by atoms with Crippen LogP contribution < -0.4 is 5.32 Å². The summed E-state index contributed by atoms with van der Waals surface area (Å²) >= 11 is 3.20. The third-order valence-corrected chi connectivity index (χ3v) is 3.15. The van der Waals surface area contributed by atoms with E-state index in [-0.39, 0.29) is 11.9 Å². The van der Waals surface area contributed by atoms with E-state index in [4.69, 9.17) is 4.74 Å². The first kappa shape index (κ1) is 14.6. The molecular formula is C13H19BrFNO. The summed E-state index contributed by atoms with van der Waals surface area (Å²) in [5.41, 5.74) is 1.10. The second-order valence-corrected chi connectivity index (χ2v) is 4.87. The fraction of sp³-hybridized carbons (Fsp3) is 0.538. The van der Waals surface area contributed by atoms with Crippen molar-refractivity contribution in [3.05, 3.63) is 34.1 Å². The first-order valence-electron chi connectivity index (χ1n) is 5.86. The van der Waals surface area contributed by atoms with Crippen LogP contribution in [0.2, 0.25) is 0 Å². The van der Waals surface area contributed by atoms with Crippen LogP contribution in [0.15, 0.2) is 22.7 Å². The maximum absolute atomic E-state index is 13.1. The summed E-state index contributed by atoms with van der Waals surface area (Å²) in [6, 6.07) is 5.38. The largest absolute Gasteiger partial charge is 0.380 e. The van der Waals surface area contributed by atoms with E-state index in [0.29, 0.717) is 11.1 Å². The molecule has 1 N–H and O–H groups in total. The van der Waals surface area contributed by atoms with Crippen molar-refractivity contribution < 1.29 is 9.13 Å². The topological polar surface area (TPSA) is 21.3 Å². The average molecular weight is 304 g/mol. The highest BCUT2D eigenvalue weighted by Gasteiger charge is 2.08. The molecule has 0 saturated carbocycles. The van der Waals surface area contributed by atoms with Crippen molar-refractivity contribution in [1.29, 1.82) is 0 Å². The van der Waals surface area contributed by atoms with Crippen LogP contribution in [-0.4, -0.2) is 26.3 Å². The molecule has 0 aliphatic carbocycles. The van der Waals surface area contributed by atoms with Crippen molar-refractivity contribution in [2.45, 2.75) is 25.8 Å². The molecule has 0 aliphatic heterocycles. The van der Waals surface area contributed by atoms with Crippen LogP contribution in [0.1, 0.15) is 18.9 Å². The summed E-state index contributed by atoms with van der Waals surface area (Å²) in [6.07, 6.45) is 1.86. The monoisotopic (exact) mass is 303 g/mol. The number of hydrogen-bond acceptors (Lipinski definition) is 2. The smallest absolute Gasteiger partial charge is 0.137 e. The van der Waals surface area contributed by atoms with Crippen LogP contribution >= 0.6 is 15.9 Å². The Hall–Kier alpha value is -0.450. The SMILES string of the molecule is CCCOCC(Cc1ccc(F)c(Br)c1)NC. The molecule has 0 spiro atoms. The number of ether oxygens (including phenoxy) is 1. The Balaban J connectivity index is 2.51. The molecule has 0 fully saturated rings. The molecule has 0 aromatic heterocycles. The van der Waals surface area contributed by atoms with Crippen LogP contribution in [0, 0.1) is 5.82 Å². The molecular weight excluding hydrogens is 285 g/mol. The number of hydrogen-bond donors (Lipinski definition) is 1. The molecule has 0 bridgehead atoms. The van der Waals surface area contributed by atoms with Crippen molar-refractivity contribution >= 4 is 15.9 Å². The molecule has 0 aliphatic rings. The van der Waals surface area contributed by atoms with Gasteiger partial charge in [-0.25, -0.2) is 4.39 Å². The predicted molar refractivity (Wildman–Crippen MR) is 71.8 cm³/mol. The second kappa shape index (κ2) is 7.80. The Labute approximate surface area is 111 Å². The number of likely N-dealkylation sites (N-methyl/N-ethyl adjacent to an activating group) is 1. The van der Waals surface area contributed by atoms with E-state index in [1.807, 2.05) is 19.2 Å². The Morgan fingerprint density at radius 1 is 1.47 bits per heavy atom. The van der Waals surface area contributed by atoms with E-state index in [1.165, 1.54) is 6.07 Å². The highest BCUT2D eigenvalue weighted by Crippen LogP contribution is 2.17. The molecule has 1 atom stereocenters. The lowest BCUT2D eigenvalue weighted by Crippen LogP contribution is -2.32. The summed E-state index contributed by atoms with van der Waals surface area (Å²) in [7, 11) is 1.92. The molecule has 1 rings (SSSR count). The van der Waals surface area contributed by atoms with Crippen molar-refractivity contribution in [3.8, 4) is 0 Å². The predicted octanol–water partition coefficient (Wildman–Crippen LogP) is 3.15. The zero-order valence-corrected chi connectivity index (χ0v) is 11.9. The zero-order chi connectivity index (χ0) is 12.7. The summed E-state index contributed by atoms with van der Waals surface area (Å²) < 4.78 is 19.1. The van der Waals surface area contributed by atoms with Gasteiger partial charge in [0.25, 0.3) is 0 Å². The average Bonchev–Trinajstić information content (AvgIpc) is 2.32. The third-order valence-electron chi connectivity index (χ3n) is 2.54. The lowest BCUT2D eigenvalue weighted by atomic mass is 10.1. The van der Waals surface area contributed by atoms with Gasteiger partial charge in [-0.2, -0.15) is 0 Å². The van der Waals surface area contributed by atoms with Gasteiger partial charge in [-0.1, -0.05) is 13.0 Å². The van der Waals surface area contributed by atoms with E-state index in [0.717, 1.165) is 25.0 Å². The molecule has 0 amide bonds. The minimum atomic E-state index is -0.225. The summed E-state index contributed by atoms with van der Waals surface area (Å²) in [4.78, 5) is 0. The fourth-order valence-electron chi connectivity index (χ4n) is 1.57. The van der Waals surface area contributed by atoms with Crippen LogP contribution in [-0.2, 0) is 11.2 Å². The molecule has 1 aromatic carbocycles. The highest BCUT2D eigenvalue weighted by molar-refractivity contribution is 9.10.